The van der Waals surface area contributed by atoms with Gasteiger partial charge in [-0.25, -0.2) is 4.99 Å². The Labute approximate surface area is 184 Å². The minimum absolute atomic E-state index is 0. The molecular formula is C22H29IN4O. The molecule has 1 spiro atoms. The molecule has 1 N–H and O–H groups in total. The molecule has 6 heteroatoms. The number of halogens is 1. The number of guanidine groups is 1. The summed E-state index contributed by atoms with van der Waals surface area (Å²) in [5.74, 6) is 1.02. The number of rotatable bonds is 4. The van der Waals surface area contributed by atoms with E-state index in [1.54, 1.807) is 0 Å². The van der Waals surface area contributed by atoms with Gasteiger partial charge in [0.2, 0.25) is 0 Å². The van der Waals surface area contributed by atoms with Gasteiger partial charge in [0.25, 0.3) is 0 Å². The second-order valence-electron chi connectivity index (χ2n) is 7.56. The van der Waals surface area contributed by atoms with E-state index >= 15 is 0 Å². The van der Waals surface area contributed by atoms with Gasteiger partial charge in [0.05, 0.1) is 18.8 Å². The van der Waals surface area contributed by atoms with Crippen molar-refractivity contribution >= 4 is 29.9 Å². The third-order valence-electron chi connectivity index (χ3n) is 5.56. The molecule has 0 amide bonds. The topological polar surface area (TPSA) is 49.8 Å². The van der Waals surface area contributed by atoms with E-state index in [0.29, 0.717) is 12.0 Å². The molecule has 1 aromatic heterocycles. The molecule has 5 nitrogen and oxygen atoms in total. The van der Waals surface area contributed by atoms with Gasteiger partial charge in [-0.2, -0.15) is 0 Å². The highest BCUT2D eigenvalue weighted by atomic mass is 127. The number of nitrogens with zero attached hydrogens (tertiary/aromatic N) is 3. The molecule has 2 aromatic rings. The molecule has 0 saturated carbocycles. The maximum Gasteiger partial charge on any atom is 0.194 e. The van der Waals surface area contributed by atoms with Gasteiger partial charge in [-0.3, -0.25) is 4.98 Å². The lowest BCUT2D eigenvalue weighted by Crippen LogP contribution is -2.41. The number of pyridine rings is 1. The standard InChI is InChI=1S/C22H28N4O.HI/c1-2-23-21(26-12-9-22(16-26)10-13-27-17-22)25-15-18-6-5-7-19(14-18)20-8-3-4-11-24-20;/h3-8,11,14H,2,9-10,12-13,15-17H2,1H3,(H,23,25);1H. The molecule has 1 aromatic carbocycles. The zero-order chi connectivity index (χ0) is 18.5. The van der Waals surface area contributed by atoms with Crippen LogP contribution >= 0.6 is 24.0 Å². The predicted molar refractivity (Wildman–Crippen MR) is 124 cm³/mol. The number of aromatic nitrogens is 1. The lowest BCUT2D eigenvalue weighted by Gasteiger charge is -2.25. The van der Waals surface area contributed by atoms with Crippen molar-refractivity contribution in [1.82, 2.24) is 15.2 Å². The average Bonchev–Trinajstić information content (AvgIpc) is 3.36. The summed E-state index contributed by atoms with van der Waals surface area (Å²) in [4.78, 5) is 11.8. The first-order valence-electron chi connectivity index (χ1n) is 9.89. The van der Waals surface area contributed by atoms with Crippen LogP contribution in [0.15, 0.2) is 53.7 Å². The fourth-order valence-electron chi connectivity index (χ4n) is 4.04. The minimum Gasteiger partial charge on any atom is -0.381 e. The number of likely N-dealkylation sites (tertiary alicyclic amines) is 1. The Morgan fingerprint density at radius 1 is 1.25 bits per heavy atom. The second kappa shape index (κ2) is 9.69. The smallest absolute Gasteiger partial charge is 0.194 e. The molecule has 2 aliphatic rings. The van der Waals surface area contributed by atoms with Gasteiger partial charge in [-0.05, 0) is 43.5 Å². The zero-order valence-electron chi connectivity index (χ0n) is 16.4. The van der Waals surface area contributed by atoms with Crippen molar-refractivity contribution in [3.05, 3.63) is 54.2 Å². The van der Waals surface area contributed by atoms with E-state index in [1.165, 1.54) is 18.4 Å². The molecule has 4 rings (SSSR count). The summed E-state index contributed by atoms with van der Waals surface area (Å²) >= 11 is 0. The SMILES string of the molecule is CCNC(=NCc1cccc(-c2ccccn2)c1)N1CCC2(CCOC2)C1.I. The van der Waals surface area contributed by atoms with Crippen molar-refractivity contribution in [1.29, 1.82) is 0 Å². The molecule has 0 radical (unpaired) electrons. The number of aliphatic imine (C=N–C) groups is 1. The van der Waals surface area contributed by atoms with E-state index in [0.717, 1.165) is 50.1 Å². The number of hydrogen-bond donors (Lipinski definition) is 1. The van der Waals surface area contributed by atoms with Gasteiger partial charge in [0.1, 0.15) is 0 Å². The summed E-state index contributed by atoms with van der Waals surface area (Å²) in [7, 11) is 0. The Balaban J connectivity index is 0.00000225. The third kappa shape index (κ3) is 4.84. The minimum atomic E-state index is 0. The van der Waals surface area contributed by atoms with Crippen molar-refractivity contribution < 1.29 is 4.74 Å². The van der Waals surface area contributed by atoms with Gasteiger partial charge in [-0.15, -0.1) is 24.0 Å². The van der Waals surface area contributed by atoms with Crippen LogP contribution in [0.4, 0.5) is 0 Å². The van der Waals surface area contributed by atoms with E-state index < -0.39 is 0 Å². The summed E-state index contributed by atoms with van der Waals surface area (Å²) in [6.45, 7) is 7.59. The average molecular weight is 492 g/mol. The molecule has 0 aliphatic carbocycles. The van der Waals surface area contributed by atoms with Crippen molar-refractivity contribution in [2.45, 2.75) is 26.3 Å². The maximum absolute atomic E-state index is 5.66. The molecule has 3 heterocycles. The van der Waals surface area contributed by atoms with Crippen molar-refractivity contribution in [3.63, 3.8) is 0 Å². The van der Waals surface area contributed by atoms with Gasteiger partial charge < -0.3 is 15.0 Å². The predicted octanol–water partition coefficient (Wildman–Crippen LogP) is 3.94. The van der Waals surface area contributed by atoms with Gasteiger partial charge in [0, 0.05) is 43.4 Å². The number of nitrogens with one attached hydrogen (secondary N) is 1. The molecule has 2 fully saturated rings. The number of ether oxygens (including phenoxy) is 1. The molecule has 150 valence electrons. The highest BCUT2D eigenvalue weighted by Gasteiger charge is 2.42. The largest absolute Gasteiger partial charge is 0.381 e. The van der Waals surface area contributed by atoms with Crippen LogP contribution in [0.2, 0.25) is 0 Å². The van der Waals surface area contributed by atoms with Crippen molar-refractivity contribution in [2.75, 3.05) is 32.8 Å². The first-order valence-corrected chi connectivity index (χ1v) is 9.89. The van der Waals surface area contributed by atoms with Gasteiger partial charge in [-0.1, -0.05) is 24.3 Å². The van der Waals surface area contributed by atoms with Crippen molar-refractivity contribution in [2.24, 2.45) is 10.4 Å². The molecular weight excluding hydrogens is 463 g/mol. The first-order chi connectivity index (χ1) is 13.3. The van der Waals surface area contributed by atoms with Crippen LogP contribution in [0.3, 0.4) is 0 Å². The number of hydrogen-bond acceptors (Lipinski definition) is 3. The summed E-state index contributed by atoms with van der Waals surface area (Å²) < 4.78 is 5.66. The van der Waals surface area contributed by atoms with Crippen LogP contribution in [-0.2, 0) is 11.3 Å². The Bertz CT molecular complexity index is 790. The van der Waals surface area contributed by atoms with E-state index in [1.807, 2.05) is 24.4 Å². The lowest BCUT2D eigenvalue weighted by molar-refractivity contribution is 0.156. The Kier molecular flexibility index (Phi) is 7.29. The fraction of sp³-hybridized carbons (Fsp3) is 0.455. The quantitative estimate of drug-likeness (QED) is 0.399. The molecule has 1 atom stereocenters. The Morgan fingerprint density at radius 2 is 2.18 bits per heavy atom. The monoisotopic (exact) mass is 492 g/mol. The van der Waals surface area contributed by atoms with Crippen LogP contribution in [-0.4, -0.2) is 48.7 Å². The Hall–Kier alpha value is -1.67. The maximum atomic E-state index is 5.66. The zero-order valence-corrected chi connectivity index (χ0v) is 18.8. The highest BCUT2D eigenvalue weighted by molar-refractivity contribution is 14.0. The summed E-state index contributed by atoms with van der Waals surface area (Å²) in [6, 6.07) is 14.5. The number of benzene rings is 1. The Morgan fingerprint density at radius 3 is 2.93 bits per heavy atom. The van der Waals surface area contributed by atoms with E-state index in [9.17, 15) is 0 Å². The van der Waals surface area contributed by atoms with Gasteiger partial charge >= 0.3 is 0 Å². The molecule has 1 unspecified atom stereocenters. The van der Waals surface area contributed by atoms with Gasteiger partial charge in [0.15, 0.2) is 5.96 Å². The van der Waals surface area contributed by atoms with Crippen molar-refractivity contribution in [3.8, 4) is 11.3 Å². The van der Waals surface area contributed by atoms with E-state index in [-0.39, 0.29) is 24.0 Å². The van der Waals surface area contributed by atoms with Crippen LogP contribution in [0.1, 0.15) is 25.3 Å². The second-order valence-corrected chi connectivity index (χ2v) is 7.56. The summed E-state index contributed by atoms with van der Waals surface area (Å²) in [5.41, 5.74) is 3.68. The first kappa shape index (κ1) is 21.0. The van der Waals surface area contributed by atoms with Crippen LogP contribution in [0.5, 0.6) is 0 Å². The summed E-state index contributed by atoms with van der Waals surface area (Å²) in [5, 5.41) is 3.47. The van der Waals surface area contributed by atoms with Crippen LogP contribution in [0.25, 0.3) is 11.3 Å². The fourth-order valence-corrected chi connectivity index (χ4v) is 4.04. The normalized spacial score (nSPS) is 21.8. The van der Waals surface area contributed by atoms with Crippen LogP contribution in [0, 0.1) is 5.41 Å². The van der Waals surface area contributed by atoms with E-state index in [4.69, 9.17) is 9.73 Å². The summed E-state index contributed by atoms with van der Waals surface area (Å²) in [6.07, 6.45) is 4.21. The van der Waals surface area contributed by atoms with E-state index in [2.05, 4.69) is 46.4 Å². The molecule has 2 aliphatic heterocycles. The lowest BCUT2D eigenvalue weighted by atomic mass is 9.87. The van der Waals surface area contributed by atoms with Crippen LogP contribution < -0.4 is 5.32 Å². The highest BCUT2D eigenvalue weighted by Crippen LogP contribution is 2.38. The molecule has 28 heavy (non-hydrogen) atoms. The third-order valence-corrected chi connectivity index (χ3v) is 5.56. The molecule has 0 bridgehead atoms. The molecule has 2 saturated heterocycles.